The number of benzene rings is 1. The number of nitrogens with zero attached hydrogens (tertiary/aromatic N) is 1. The van der Waals surface area contributed by atoms with E-state index in [0.29, 0.717) is 0 Å². The van der Waals surface area contributed by atoms with Gasteiger partial charge in [-0.1, -0.05) is 31.2 Å². The van der Waals surface area contributed by atoms with E-state index in [0.717, 1.165) is 28.5 Å². The highest BCUT2D eigenvalue weighted by molar-refractivity contribution is 5.93. The van der Waals surface area contributed by atoms with Gasteiger partial charge in [-0.05, 0) is 23.6 Å². The van der Waals surface area contributed by atoms with Crippen molar-refractivity contribution in [2.75, 3.05) is 0 Å². The van der Waals surface area contributed by atoms with Crippen molar-refractivity contribution in [2.45, 2.75) is 13.3 Å². The van der Waals surface area contributed by atoms with E-state index < -0.39 is 21.9 Å². The quantitative estimate of drug-likeness (QED) is 0.502. The molecule has 3 rings (SSSR count). The predicted molar refractivity (Wildman–Crippen MR) is 90.9 cm³/mol. The Kier molecular flexibility index (Phi) is 3.87. The van der Waals surface area contributed by atoms with Crippen LogP contribution in [0, 0.1) is 10.1 Å². The Labute approximate surface area is 135 Å². The summed E-state index contributed by atoms with van der Waals surface area (Å²) in [6, 6.07) is 5.88. The Hall–Kier alpha value is -3.42. The monoisotopic (exact) mass is 326 g/mol. The highest BCUT2D eigenvalue weighted by Crippen LogP contribution is 2.24. The number of fused-ring (bicyclic) bond motifs is 1. The van der Waals surface area contributed by atoms with E-state index in [1.54, 1.807) is 12.3 Å². The molecule has 122 valence electrons. The highest BCUT2D eigenvalue weighted by atomic mass is 16.6. The van der Waals surface area contributed by atoms with Crippen molar-refractivity contribution in [1.82, 2.24) is 15.0 Å². The summed E-state index contributed by atoms with van der Waals surface area (Å²) >= 11 is 0. The fraction of sp³-hybridized carbons (Fsp3) is 0.125. The third-order valence-corrected chi connectivity index (χ3v) is 3.77. The number of para-hydroxylation sites is 1. The third kappa shape index (κ3) is 2.65. The Bertz CT molecular complexity index is 1070. The molecule has 0 saturated heterocycles. The number of aryl methyl sites for hydroxylation is 1. The van der Waals surface area contributed by atoms with Gasteiger partial charge in [-0.3, -0.25) is 19.9 Å². The zero-order chi connectivity index (χ0) is 17.3. The van der Waals surface area contributed by atoms with Gasteiger partial charge in [0.05, 0.1) is 4.92 Å². The fourth-order valence-electron chi connectivity index (χ4n) is 2.64. The molecule has 0 amide bonds. The second-order valence-corrected chi connectivity index (χ2v) is 5.20. The Morgan fingerprint density at radius 3 is 2.71 bits per heavy atom. The lowest BCUT2D eigenvalue weighted by molar-refractivity contribution is -0.386. The molecule has 0 radical (unpaired) electrons. The van der Waals surface area contributed by atoms with Crippen molar-refractivity contribution >= 4 is 28.7 Å². The topological polar surface area (TPSA) is 125 Å². The molecule has 0 aliphatic rings. The van der Waals surface area contributed by atoms with Crippen LogP contribution in [0.15, 0.2) is 34.0 Å². The van der Waals surface area contributed by atoms with Crippen LogP contribution in [0.5, 0.6) is 0 Å². The first-order valence-corrected chi connectivity index (χ1v) is 7.29. The fourth-order valence-corrected chi connectivity index (χ4v) is 2.64. The summed E-state index contributed by atoms with van der Waals surface area (Å²) in [6.07, 6.45) is 5.62. The van der Waals surface area contributed by atoms with Crippen LogP contribution in [-0.4, -0.2) is 19.9 Å². The first-order chi connectivity index (χ1) is 11.5. The van der Waals surface area contributed by atoms with Crippen LogP contribution in [-0.2, 0) is 6.42 Å². The summed E-state index contributed by atoms with van der Waals surface area (Å²) in [4.78, 5) is 40.5. The van der Waals surface area contributed by atoms with Crippen LogP contribution >= 0.6 is 0 Å². The highest BCUT2D eigenvalue weighted by Gasteiger charge is 2.18. The molecule has 2 aromatic heterocycles. The number of rotatable bonds is 4. The molecule has 0 saturated carbocycles. The molecule has 0 atom stereocenters. The minimum atomic E-state index is -1.03. The molecule has 0 unspecified atom stereocenters. The van der Waals surface area contributed by atoms with Crippen molar-refractivity contribution < 1.29 is 4.92 Å². The number of nitrogens with one attached hydrogen (secondary N) is 3. The molecule has 0 bridgehead atoms. The molecule has 24 heavy (non-hydrogen) atoms. The normalized spacial score (nSPS) is 11.4. The molecular weight excluding hydrogens is 312 g/mol. The van der Waals surface area contributed by atoms with Gasteiger partial charge in [-0.2, -0.15) is 0 Å². The van der Waals surface area contributed by atoms with Gasteiger partial charge in [0.1, 0.15) is 5.69 Å². The molecule has 3 aromatic rings. The van der Waals surface area contributed by atoms with E-state index in [-0.39, 0.29) is 5.69 Å². The lowest BCUT2D eigenvalue weighted by atomic mass is 10.1. The Morgan fingerprint density at radius 2 is 2.00 bits per heavy atom. The van der Waals surface area contributed by atoms with Gasteiger partial charge in [0.15, 0.2) is 0 Å². The molecule has 8 heteroatoms. The average molecular weight is 326 g/mol. The van der Waals surface area contributed by atoms with Crippen LogP contribution in [0.4, 0.5) is 5.69 Å². The van der Waals surface area contributed by atoms with E-state index >= 15 is 0 Å². The first-order valence-electron chi connectivity index (χ1n) is 7.29. The molecule has 0 spiro atoms. The van der Waals surface area contributed by atoms with Crippen LogP contribution < -0.4 is 11.2 Å². The number of H-pyrrole nitrogens is 3. The van der Waals surface area contributed by atoms with Gasteiger partial charge in [-0.15, -0.1) is 0 Å². The zero-order valence-electron chi connectivity index (χ0n) is 12.8. The number of aromatic amines is 3. The van der Waals surface area contributed by atoms with Gasteiger partial charge in [0.25, 0.3) is 0 Å². The van der Waals surface area contributed by atoms with Gasteiger partial charge in [0.2, 0.25) is 0 Å². The maximum absolute atomic E-state index is 11.6. The summed E-state index contributed by atoms with van der Waals surface area (Å²) in [7, 11) is 0. The zero-order valence-corrected chi connectivity index (χ0v) is 12.8. The van der Waals surface area contributed by atoms with Crippen LogP contribution in [0.25, 0.3) is 23.1 Å². The second-order valence-electron chi connectivity index (χ2n) is 5.20. The summed E-state index contributed by atoms with van der Waals surface area (Å²) in [5.74, 6) is 0. The van der Waals surface area contributed by atoms with E-state index in [2.05, 4.69) is 16.9 Å². The van der Waals surface area contributed by atoms with Gasteiger partial charge < -0.3 is 9.97 Å². The molecular formula is C16H14N4O4. The molecule has 2 heterocycles. The smallest absolute Gasteiger partial charge is 0.357 e. The van der Waals surface area contributed by atoms with E-state index in [4.69, 9.17) is 0 Å². The van der Waals surface area contributed by atoms with Crippen LogP contribution in [0.1, 0.15) is 23.7 Å². The number of hydrogen-bond acceptors (Lipinski definition) is 4. The summed E-state index contributed by atoms with van der Waals surface area (Å²) < 4.78 is 0. The largest absolute Gasteiger partial charge is 0.360 e. The van der Waals surface area contributed by atoms with E-state index in [1.165, 1.54) is 6.08 Å². The third-order valence-electron chi connectivity index (χ3n) is 3.77. The van der Waals surface area contributed by atoms with Crippen molar-refractivity contribution in [1.29, 1.82) is 0 Å². The summed E-state index contributed by atoms with van der Waals surface area (Å²) in [5.41, 5.74) is 0.287. The molecule has 0 aliphatic heterocycles. The standard InChI is InChI=1S/C16H14N4O4/c1-2-9-4-3-5-11-10(8-17-13(9)11)6-7-12-14(20(23)24)15(21)19-16(22)18-12/h3-8,17H,2H2,1H3,(H2,18,19,21,22). The SMILES string of the molecule is CCc1cccc2c(C=Cc3[nH]c(=O)[nH]c(=O)c3[N+](=O)[O-])c[nH]c12. The molecule has 0 aliphatic carbocycles. The van der Waals surface area contributed by atoms with E-state index in [1.807, 2.05) is 23.2 Å². The first kappa shape index (κ1) is 15.5. The summed E-state index contributed by atoms with van der Waals surface area (Å²) in [5, 5.41) is 12.0. The minimum Gasteiger partial charge on any atom is -0.360 e. The minimum absolute atomic E-state index is 0.144. The van der Waals surface area contributed by atoms with Gasteiger partial charge in [0, 0.05) is 17.1 Å². The van der Waals surface area contributed by atoms with Crippen molar-refractivity contribution in [2.24, 2.45) is 0 Å². The number of hydrogen-bond donors (Lipinski definition) is 3. The average Bonchev–Trinajstić information content (AvgIpc) is 2.95. The molecule has 0 fully saturated rings. The van der Waals surface area contributed by atoms with Crippen molar-refractivity contribution in [3.05, 3.63) is 72.2 Å². The van der Waals surface area contributed by atoms with E-state index in [9.17, 15) is 19.7 Å². The lowest BCUT2D eigenvalue weighted by Gasteiger charge is -1.99. The van der Waals surface area contributed by atoms with Crippen LogP contribution in [0.2, 0.25) is 0 Å². The number of aromatic nitrogens is 3. The van der Waals surface area contributed by atoms with Crippen LogP contribution in [0.3, 0.4) is 0 Å². The van der Waals surface area contributed by atoms with Crippen molar-refractivity contribution in [3.8, 4) is 0 Å². The number of nitro groups is 1. The Morgan fingerprint density at radius 1 is 1.21 bits per heavy atom. The maximum atomic E-state index is 11.6. The Balaban J connectivity index is 2.12. The van der Waals surface area contributed by atoms with Crippen molar-refractivity contribution in [3.63, 3.8) is 0 Å². The van der Waals surface area contributed by atoms with Gasteiger partial charge in [-0.25, -0.2) is 4.79 Å². The summed E-state index contributed by atoms with van der Waals surface area (Å²) in [6.45, 7) is 2.05. The lowest BCUT2D eigenvalue weighted by Crippen LogP contribution is -2.25. The molecule has 3 N–H and O–H groups in total. The molecule has 1 aromatic carbocycles. The second kappa shape index (κ2) is 5.99. The van der Waals surface area contributed by atoms with Gasteiger partial charge >= 0.3 is 16.9 Å². The maximum Gasteiger partial charge on any atom is 0.357 e. The predicted octanol–water partition coefficient (Wildman–Crippen LogP) is 2.19. The molecule has 8 nitrogen and oxygen atoms in total.